The predicted molar refractivity (Wildman–Crippen MR) is 91.6 cm³/mol. The molecule has 0 spiro atoms. The Labute approximate surface area is 134 Å². The van der Waals surface area contributed by atoms with Gasteiger partial charge in [-0.2, -0.15) is 0 Å². The minimum atomic E-state index is -0.454. The van der Waals surface area contributed by atoms with Crippen LogP contribution in [0.2, 0.25) is 0 Å². The van der Waals surface area contributed by atoms with Crippen LogP contribution < -0.4 is 0 Å². The van der Waals surface area contributed by atoms with Crippen LogP contribution in [-0.2, 0) is 0 Å². The van der Waals surface area contributed by atoms with Crippen LogP contribution in [0.4, 0.5) is 0 Å². The van der Waals surface area contributed by atoms with E-state index >= 15 is 0 Å². The molecule has 0 saturated carbocycles. The summed E-state index contributed by atoms with van der Waals surface area (Å²) in [5.74, 6) is 0. The van der Waals surface area contributed by atoms with Crippen LogP contribution in [0.25, 0.3) is 22.2 Å². The maximum atomic E-state index is 11.8. The standard InChI is InChI=1S/C19H16ClNO/c1-11-4-6-13(3)14(8-11)18-10-16(19(20)22)15-9-12(2)5-7-17(15)21-18/h4-10H,1-3H3. The zero-order chi connectivity index (χ0) is 15.9. The van der Waals surface area contributed by atoms with Crippen molar-refractivity contribution < 1.29 is 4.79 Å². The molecule has 110 valence electrons. The molecule has 0 unspecified atom stereocenters. The number of aryl methyl sites for hydroxylation is 3. The van der Waals surface area contributed by atoms with Gasteiger partial charge < -0.3 is 0 Å². The zero-order valence-electron chi connectivity index (χ0n) is 12.8. The van der Waals surface area contributed by atoms with Gasteiger partial charge in [-0.15, -0.1) is 0 Å². The van der Waals surface area contributed by atoms with Crippen LogP contribution in [0.1, 0.15) is 27.0 Å². The van der Waals surface area contributed by atoms with E-state index < -0.39 is 5.24 Å². The summed E-state index contributed by atoms with van der Waals surface area (Å²) in [5, 5.41) is 0.346. The molecule has 0 bridgehead atoms. The molecule has 3 rings (SSSR count). The van der Waals surface area contributed by atoms with Gasteiger partial charge in [0, 0.05) is 16.5 Å². The molecule has 0 saturated heterocycles. The first-order valence-corrected chi connectivity index (χ1v) is 7.52. The van der Waals surface area contributed by atoms with Gasteiger partial charge in [-0.1, -0.05) is 29.3 Å². The molecule has 0 radical (unpaired) electrons. The number of fused-ring (bicyclic) bond motifs is 1. The summed E-state index contributed by atoms with van der Waals surface area (Å²) < 4.78 is 0. The highest BCUT2D eigenvalue weighted by Gasteiger charge is 2.13. The summed E-state index contributed by atoms with van der Waals surface area (Å²) in [6, 6.07) is 13.9. The SMILES string of the molecule is Cc1ccc(C)c(-c2cc(C(=O)Cl)c3cc(C)ccc3n2)c1. The Balaban J connectivity index is 2.34. The molecule has 0 fully saturated rings. The van der Waals surface area contributed by atoms with Crippen molar-refractivity contribution in [1.82, 2.24) is 4.98 Å². The average molecular weight is 310 g/mol. The van der Waals surface area contributed by atoms with Crippen molar-refractivity contribution in [3.05, 3.63) is 64.7 Å². The van der Waals surface area contributed by atoms with Crippen LogP contribution >= 0.6 is 11.6 Å². The second-order valence-corrected chi connectivity index (χ2v) is 6.01. The lowest BCUT2D eigenvalue weighted by Crippen LogP contribution is -1.97. The first-order valence-electron chi connectivity index (χ1n) is 7.14. The lowest BCUT2D eigenvalue weighted by molar-refractivity contribution is 0.108. The minimum absolute atomic E-state index is 0.454. The molecule has 22 heavy (non-hydrogen) atoms. The number of hydrogen-bond donors (Lipinski definition) is 0. The lowest BCUT2D eigenvalue weighted by Gasteiger charge is -2.10. The number of halogens is 1. The molecule has 0 aliphatic carbocycles. The van der Waals surface area contributed by atoms with Gasteiger partial charge in [0.15, 0.2) is 0 Å². The lowest BCUT2D eigenvalue weighted by atomic mass is 9.99. The van der Waals surface area contributed by atoms with Crippen LogP contribution in [0.15, 0.2) is 42.5 Å². The summed E-state index contributed by atoms with van der Waals surface area (Å²) in [5.41, 5.74) is 6.46. The van der Waals surface area contributed by atoms with Gasteiger partial charge in [0.05, 0.1) is 11.2 Å². The second-order valence-electron chi connectivity index (χ2n) is 5.67. The third-order valence-corrected chi connectivity index (χ3v) is 4.05. The highest BCUT2D eigenvalue weighted by atomic mass is 35.5. The van der Waals surface area contributed by atoms with Crippen LogP contribution in [0.3, 0.4) is 0 Å². The molecule has 0 amide bonds. The van der Waals surface area contributed by atoms with E-state index in [1.54, 1.807) is 6.07 Å². The van der Waals surface area contributed by atoms with Crippen LogP contribution in [0.5, 0.6) is 0 Å². The van der Waals surface area contributed by atoms with E-state index in [1.807, 2.05) is 39.0 Å². The number of hydrogen-bond acceptors (Lipinski definition) is 2. The van der Waals surface area contributed by atoms with E-state index in [-0.39, 0.29) is 0 Å². The summed E-state index contributed by atoms with van der Waals surface area (Å²) in [6.07, 6.45) is 0. The van der Waals surface area contributed by atoms with Gasteiger partial charge in [-0.3, -0.25) is 4.79 Å². The van der Waals surface area contributed by atoms with Crippen LogP contribution in [0, 0.1) is 20.8 Å². The van der Waals surface area contributed by atoms with Gasteiger partial charge in [-0.05, 0) is 62.2 Å². The third-order valence-electron chi connectivity index (χ3n) is 3.84. The summed E-state index contributed by atoms with van der Waals surface area (Å²) in [4.78, 5) is 16.6. The second kappa shape index (κ2) is 5.54. The van der Waals surface area contributed by atoms with Gasteiger partial charge in [0.25, 0.3) is 5.24 Å². The summed E-state index contributed by atoms with van der Waals surface area (Å²) >= 11 is 5.80. The molecule has 0 atom stereocenters. The molecular weight excluding hydrogens is 294 g/mol. The number of benzene rings is 2. The molecule has 3 aromatic rings. The number of rotatable bonds is 2. The molecule has 1 aromatic heterocycles. The summed E-state index contributed by atoms with van der Waals surface area (Å²) in [6.45, 7) is 6.07. The number of carbonyl (C=O) groups is 1. The molecule has 0 aliphatic heterocycles. The van der Waals surface area contributed by atoms with Crippen molar-refractivity contribution in [2.24, 2.45) is 0 Å². The fraction of sp³-hybridized carbons (Fsp3) is 0.158. The van der Waals surface area contributed by atoms with Crippen molar-refractivity contribution in [3.63, 3.8) is 0 Å². The number of nitrogens with zero attached hydrogens (tertiary/aromatic N) is 1. The number of pyridine rings is 1. The van der Waals surface area contributed by atoms with E-state index in [1.165, 1.54) is 0 Å². The normalized spacial score (nSPS) is 10.9. The van der Waals surface area contributed by atoms with Crippen molar-refractivity contribution in [1.29, 1.82) is 0 Å². The Bertz CT molecular complexity index is 899. The van der Waals surface area contributed by atoms with Crippen LogP contribution in [-0.4, -0.2) is 10.2 Å². The van der Waals surface area contributed by atoms with Gasteiger partial charge >= 0.3 is 0 Å². The van der Waals surface area contributed by atoms with Gasteiger partial charge in [0.2, 0.25) is 0 Å². The zero-order valence-corrected chi connectivity index (χ0v) is 13.5. The van der Waals surface area contributed by atoms with Crippen molar-refractivity contribution in [2.45, 2.75) is 20.8 Å². The molecule has 0 N–H and O–H groups in total. The number of aromatic nitrogens is 1. The van der Waals surface area contributed by atoms with Crippen molar-refractivity contribution >= 4 is 27.7 Å². The topological polar surface area (TPSA) is 30.0 Å². The maximum Gasteiger partial charge on any atom is 0.253 e. The van der Waals surface area contributed by atoms with E-state index in [0.717, 1.165) is 38.9 Å². The number of carbonyl (C=O) groups excluding carboxylic acids is 1. The fourth-order valence-corrected chi connectivity index (χ4v) is 2.81. The first-order chi connectivity index (χ1) is 10.5. The quantitative estimate of drug-likeness (QED) is 0.608. The highest BCUT2D eigenvalue weighted by molar-refractivity contribution is 6.68. The first kappa shape index (κ1) is 14.7. The van der Waals surface area contributed by atoms with Gasteiger partial charge in [-0.25, -0.2) is 4.98 Å². The molecule has 3 heteroatoms. The highest BCUT2D eigenvalue weighted by Crippen LogP contribution is 2.29. The largest absolute Gasteiger partial charge is 0.276 e. The van der Waals surface area contributed by atoms with E-state index in [2.05, 4.69) is 18.2 Å². The van der Waals surface area contributed by atoms with Crippen molar-refractivity contribution in [3.8, 4) is 11.3 Å². The van der Waals surface area contributed by atoms with Gasteiger partial charge in [0.1, 0.15) is 0 Å². The monoisotopic (exact) mass is 309 g/mol. The minimum Gasteiger partial charge on any atom is -0.276 e. The molecule has 2 aromatic carbocycles. The van der Waals surface area contributed by atoms with E-state index in [0.29, 0.717) is 5.56 Å². The maximum absolute atomic E-state index is 11.8. The Morgan fingerprint density at radius 3 is 2.36 bits per heavy atom. The Morgan fingerprint density at radius 2 is 1.64 bits per heavy atom. The Hall–Kier alpha value is -2.19. The predicted octanol–water partition coefficient (Wildman–Crippen LogP) is 5.21. The molecule has 1 heterocycles. The van der Waals surface area contributed by atoms with Crippen molar-refractivity contribution in [2.75, 3.05) is 0 Å². The molecule has 2 nitrogen and oxygen atoms in total. The fourth-order valence-electron chi connectivity index (χ4n) is 2.65. The molecule has 0 aliphatic rings. The summed E-state index contributed by atoms with van der Waals surface area (Å²) in [7, 11) is 0. The smallest absolute Gasteiger partial charge is 0.253 e. The third kappa shape index (κ3) is 2.62. The van der Waals surface area contributed by atoms with E-state index in [9.17, 15) is 4.79 Å². The molecular formula is C19H16ClNO. The average Bonchev–Trinajstić information content (AvgIpc) is 2.48. The van der Waals surface area contributed by atoms with E-state index in [4.69, 9.17) is 16.6 Å². The Morgan fingerprint density at radius 1 is 0.955 bits per heavy atom. The Kier molecular flexibility index (Phi) is 3.71.